The first-order valence-electron chi connectivity index (χ1n) is 17.1. The van der Waals surface area contributed by atoms with Gasteiger partial charge in [-0.25, -0.2) is 0 Å². The van der Waals surface area contributed by atoms with Gasteiger partial charge in [-0.2, -0.15) is 0 Å². The SMILES string of the molecule is c1ccc(-c2c3c4ccccc4n(-c4ccc5c(c4)c4c(-c6ccccc6)c6ccccn6c4n5-c4ccccc4)c3n3ccccc23)cc1. The Morgan fingerprint density at radius 2 is 0.780 bits per heavy atom. The van der Waals surface area contributed by atoms with Crippen molar-refractivity contribution in [3.05, 3.63) is 182 Å². The van der Waals surface area contributed by atoms with E-state index in [2.05, 4.69) is 200 Å². The van der Waals surface area contributed by atoms with Gasteiger partial charge in [0.15, 0.2) is 0 Å². The van der Waals surface area contributed by atoms with Crippen molar-refractivity contribution in [2.24, 2.45) is 0 Å². The number of fused-ring (bicyclic) bond motifs is 10. The van der Waals surface area contributed by atoms with Gasteiger partial charge in [0.1, 0.15) is 11.3 Å². The van der Waals surface area contributed by atoms with Crippen molar-refractivity contribution >= 4 is 54.9 Å². The van der Waals surface area contributed by atoms with Crippen molar-refractivity contribution in [1.82, 2.24) is 17.9 Å². The quantitative estimate of drug-likeness (QED) is 0.183. The summed E-state index contributed by atoms with van der Waals surface area (Å²) in [6.45, 7) is 0. The van der Waals surface area contributed by atoms with Gasteiger partial charge >= 0.3 is 0 Å². The van der Waals surface area contributed by atoms with Crippen LogP contribution in [-0.4, -0.2) is 17.9 Å². The Labute approximate surface area is 287 Å². The van der Waals surface area contributed by atoms with Crippen LogP contribution in [-0.2, 0) is 0 Å². The van der Waals surface area contributed by atoms with Gasteiger partial charge in [0, 0.05) is 56.4 Å². The van der Waals surface area contributed by atoms with Crippen molar-refractivity contribution in [2.45, 2.75) is 0 Å². The first-order valence-corrected chi connectivity index (χ1v) is 17.1. The summed E-state index contributed by atoms with van der Waals surface area (Å²) in [7, 11) is 0. The van der Waals surface area contributed by atoms with E-state index in [0.717, 1.165) is 11.4 Å². The predicted molar refractivity (Wildman–Crippen MR) is 208 cm³/mol. The number of aromatic nitrogens is 4. The second-order valence-electron chi connectivity index (χ2n) is 13.0. The Balaban J connectivity index is 1.32. The summed E-state index contributed by atoms with van der Waals surface area (Å²) in [5.41, 5.74) is 14.3. The molecule has 0 aliphatic rings. The van der Waals surface area contributed by atoms with E-state index in [1.54, 1.807) is 0 Å². The normalized spacial score (nSPS) is 12.0. The zero-order chi connectivity index (χ0) is 32.8. The van der Waals surface area contributed by atoms with Crippen molar-refractivity contribution < 1.29 is 0 Å². The average Bonchev–Trinajstić information content (AvgIpc) is 3.90. The maximum absolute atomic E-state index is 2.47. The minimum absolute atomic E-state index is 1.13. The van der Waals surface area contributed by atoms with Crippen LogP contribution in [0.3, 0.4) is 0 Å². The monoisotopic (exact) mass is 638 g/mol. The van der Waals surface area contributed by atoms with Crippen molar-refractivity contribution in [3.63, 3.8) is 0 Å². The maximum Gasteiger partial charge on any atom is 0.131 e. The van der Waals surface area contributed by atoms with E-state index in [1.165, 1.54) is 77.2 Å². The van der Waals surface area contributed by atoms with Crippen LogP contribution in [0.2, 0.25) is 0 Å². The average molecular weight is 639 g/mol. The zero-order valence-electron chi connectivity index (χ0n) is 27.1. The first kappa shape index (κ1) is 27.2. The van der Waals surface area contributed by atoms with Crippen LogP contribution in [0.4, 0.5) is 0 Å². The number of para-hydroxylation sites is 2. The summed E-state index contributed by atoms with van der Waals surface area (Å²) in [6, 6.07) is 61.3. The Morgan fingerprint density at radius 1 is 0.320 bits per heavy atom. The van der Waals surface area contributed by atoms with Crippen LogP contribution in [0.15, 0.2) is 182 Å². The van der Waals surface area contributed by atoms with E-state index >= 15 is 0 Å². The molecule has 0 atom stereocenters. The smallest absolute Gasteiger partial charge is 0.131 e. The highest BCUT2D eigenvalue weighted by Crippen LogP contribution is 2.46. The van der Waals surface area contributed by atoms with Gasteiger partial charge in [0.2, 0.25) is 0 Å². The fourth-order valence-corrected chi connectivity index (χ4v) is 8.39. The Kier molecular flexibility index (Phi) is 5.63. The van der Waals surface area contributed by atoms with Gasteiger partial charge in [-0.1, -0.05) is 109 Å². The highest BCUT2D eigenvalue weighted by molar-refractivity contribution is 6.22. The molecule has 0 aliphatic heterocycles. The molecule has 4 nitrogen and oxygen atoms in total. The number of benzene rings is 5. The van der Waals surface area contributed by atoms with Crippen molar-refractivity contribution in [1.29, 1.82) is 0 Å². The second-order valence-corrected chi connectivity index (χ2v) is 13.0. The lowest BCUT2D eigenvalue weighted by molar-refractivity contribution is 1.09. The predicted octanol–water partition coefficient (Wildman–Crippen LogP) is 11.7. The molecule has 0 radical (unpaired) electrons. The zero-order valence-corrected chi connectivity index (χ0v) is 27.1. The molecule has 11 aromatic rings. The minimum Gasteiger partial charge on any atom is -0.302 e. The van der Waals surface area contributed by atoms with Gasteiger partial charge in [0.05, 0.1) is 22.1 Å². The summed E-state index contributed by atoms with van der Waals surface area (Å²) in [5, 5.41) is 4.99. The Hall–Kier alpha value is -6.78. The lowest BCUT2D eigenvalue weighted by Crippen LogP contribution is -1.99. The minimum atomic E-state index is 1.13. The summed E-state index contributed by atoms with van der Waals surface area (Å²) in [6.07, 6.45) is 4.40. The van der Waals surface area contributed by atoms with Crippen LogP contribution < -0.4 is 0 Å². The lowest BCUT2D eigenvalue weighted by Gasteiger charge is -2.12. The van der Waals surface area contributed by atoms with Gasteiger partial charge in [0.25, 0.3) is 0 Å². The molecular weight excluding hydrogens is 609 g/mol. The highest BCUT2D eigenvalue weighted by Gasteiger charge is 2.25. The molecule has 0 aliphatic carbocycles. The molecule has 6 heterocycles. The van der Waals surface area contributed by atoms with Crippen LogP contribution in [0, 0.1) is 0 Å². The number of hydrogen-bond donors (Lipinski definition) is 0. The Bertz CT molecular complexity index is 3020. The number of rotatable bonds is 4. The third-order valence-corrected chi connectivity index (χ3v) is 10.4. The van der Waals surface area contributed by atoms with E-state index in [-0.39, 0.29) is 0 Å². The molecule has 6 aromatic heterocycles. The molecule has 0 fully saturated rings. The molecule has 0 saturated carbocycles. The van der Waals surface area contributed by atoms with Crippen LogP contribution >= 0.6 is 0 Å². The molecule has 0 spiro atoms. The summed E-state index contributed by atoms with van der Waals surface area (Å²) in [4.78, 5) is 0. The van der Waals surface area contributed by atoms with Crippen LogP contribution in [0.1, 0.15) is 0 Å². The second kappa shape index (κ2) is 10.4. The molecular formula is C46H30N4. The molecule has 0 N–H and O–H groups in total. The standard InChI is InChI=1S/C46H30N4/c1-4-16-31(17-5-1)41-39-24-12-14-28-47(39)45-43(41)35-22-10-11-23-37(35)50(45)34-26-27-38-36(30-34)44-42(32-18-6-2-7-19-32)40-25-13-15-29-48(40)46(44)49(38)33-20-8-3-9-21-33/h1-30H. The number of nitrogens with zero attached hydrogens (tertiary/aromatic N) is 4. The number of pyridine rings is 2. The first-order chi connectivity index (χ1) is 24.9. The van der Waals surface area contributed by atoms with E-state index in [1.807, 2.05) is 0 Å². The molecule has 0 saturated heterocycles. The van der Waals surface area contributed by atoms with E-state index < -0.39 is 0 Å². The van der Waals surface area contributed by atoms with Gasteiger partial charge < -0.3 is 8.80 Å². The summed E-state index contributed by atoms with van der Waals surface area (Å²) in [5.74, 6) is 0. The van der Waals surface area contributed by atoms with Crippen LogP contribution in [0.5, 0.6) is 0 Å². The molecule has 11 rings (SSSR count). The van der Waals surface area contributed by atoms with Gasteiger partial charge in [-0.05, 0) is 71.8 Å². The van der Waals surface area contributed by atoms with E-state index in [0.29, 0.717) is 0 Å². The van der Waals surface area contributed by atoms with E-state index in [9.17, 15) is 0 Å². The van der Waals surface area contributed by atoms with Crippen molar-refractivity contribution in [2.75, 3.05) is 0 Å². The van der Waals surface area contributed by atoms with Gasteiger partial charge in [-0.15, -0.1) is 0 Å². The fraction of sp³-hybridized carbons (Fsp3) is 0. The summed E-state index contributed by atoms with van der Waals surface area (Å²) < 4.78 is 9.62. The Morgan fingerprint density at radius 3 is 1.40 bits per heavy atom. The summed E-state index contributed by atoms with van der Waals surface area (Å²) >= 11 is 0. The molecule has 50 heavy (non-hydrogen) atoms. The van der Waals surface area contributed by atoms with Crippen LogP contribution in [0.25, 0.3) is 88.5 Å². The molecule has 0 bridgehead atoms. The van der Waals surface area contributed by atoms with E-state index in [4.69, 9.17) is 0 Å². The topological polar surface area (TPSA) is 18.7 Å². The molecule has 0 unspecified atom stereocenters. The maximum atomic E-state index is 2.47. The van der Waals surface area contributed by atoms with Gasteiger partial charge in [-0.3, -0.25) is 9.13 Å². The fourth-order valence-electron chi connectivity index (χ4n) is 8.39. The molecule has 5 aromatic carbocycles. The lowest BCUT2D eigenvalue weighted by atomic mass is 10.0. The largest absolute Gasteiger partial charge is 0.302 e. The number of hydrogen-bond acceptors (Lipinski definition) is 0. The molecule has 4 heteroatoms. The van der Waals surface area contributed by atoms with Crippen molar-refractivity contribution in [3.8, 4) is 33.6 Å². The third-order valence-electron chi connectivity index (χ3n) is 10.4. The highest BCUT2D eigenvalue weighted by atomic mass is 15.1. The molecule has 234 valence electrons. The molecule has 0 amide bonds. The third kappa shape index (κ3) is 3.65.